The highest BCUT2D eigenvalue weighted by Crippen LogP contribution is 2.22. The van der Waals surface area contributed by atoms with Crippen LogP contribution in [0.4, 0.5) is 11.4 Å². The Bertz CT molecular complexity index is 861. The minimum absolute atomic E-state index is 0.0889. The molecule has 2 aliphatic heterocycles. The minimum Gasteiger partial charge on any atom is -0.497 e. The average Bonchev–Trinajstić information content (AvgIpc) is 3.13. The molecule has 0 bridgehead atoms. The molecule has 0 aromatic heterocycles. The second-order valence-corrected chi connectivity index (χ2v) is 8.34. The Morgan fingerprint density at radius 3 is 1.87 bits per heavy atom. The first-order valence-corrected chi connectivity index (χ1v) is 11.4. The summed E-state index contributed by atoms with van der Waals surface area (Å²) in [5.74, 6) is 0.952. The van der Waals surface area contributed by atoms with Gasteiger partial charge in [0.15, 0.2) is 0 Å². The molecule has 0 saturated carbocycles. The molecule has 4 rings (SSSR count). The van der Waals surface area contributed by atoms with Gasteiger partial charge in [-0.1, -0.05) is 25.0 Å². The predicted octanol–water partition coefficient (Wildman–Crippen LogP) is 4.44. The van der Waals surface area contributed by atoms with Crippen molar-refractivity contribution in [2.45, 2.75) is 25.7 Å². The molecule has 0 radical (unpaired) electrons. The SMILES string of the molecule is COc1ccc(N2CCN(C(=O)/C=C/c3ccc(N4CCCCCC4)cc3)CC2)cc1. The molecule has 0 aliphatic carbocycles. The topological polar surface area (TPSA) is 36.0 Å². The van der Waals surface area contributed by atoms with Crippen molar-refractivity contribution in [1.82, 2.24) is 4.90 Å². The summed E-state index contributed by atoms with van der Waals surface area (Å²) >= 11 is 0. The quantitative estimate of drug-likeness (QED) is 0.672. The van der Waals surface area contributed by atoms with Gasteiger partial charge < -0.3 is 19.4 Å². The number of nitrogens with zero attached hydrogens (tertiary/aromatic N) is 3. The molecule has 1 amide bonds. The van der Waals surface area contributed by atoms with Crippen molar-refractivity contribution < 1.29 is 9.53 Å². The summed E-state index contributed by atoms with van der Waals surface area (Å²) in [6, 6.07) is 16.7. The maximum absolute atomic E-state index is 12.6. The molecule has 2 aromatic rings. The molecule has 2 saturated heterocycles. The third kappa shape index (κ3) is 5.60. The van der Waals surface area contributed by atoms with E-state index in [-0.39, 0.29) is 5.91 Å². The minimum atomic E-state index is 0.0889. The lowest BCUT2D eigenvalue weighted by molar-refractivity contribution is -0.126. The molecule has 0 N–H and O–H groups in total. The van der Waals surface area contributed by atoms with E-state index in [2.05, 4.69) is 46.2 Å². The highest BCUT2D eigenvalue weighted by molar-refractivity contribution is 5.92. The van der Waals surface area contributed by atoms with Crippen LogP contribution in [-0.2, 0) is 4.79 Å². The van der Waals surface area contributed by atoms with Gasteiger partial charge in [-0.25, -0.2) is 0 Å². The lowest BCUT2D eigenvalue weighted by Gasteiger charge is -2.35. The van der Waals surface area contributed by atoms with Gasteiger partial charge >= 0.3 is 0 Å². The number of amides is 1. The highest BCUT2D eigenvalue weighted by atomic mass is 16.5. The van der Waals surface area contributed by atoms with E-state index in [1.807, 2.05) is 23.1 Å². The van der Waals surface area contributed by atoms with E-state index >= 15 is 0 Å². The smallest absolute Gasteiger partial charge is 0.246 e. The third-order valence-corrected chi connectivity index (χ3v) is 6.31. The van der Waals surface area contributed by atoms with Crippen LogP contribution in [0.1, 0.15) is 31.2 Å². The first-order chi connectivity index (χ1) is 15.2. The Kier molecular flexibility index (Phi) is 7.13. The van der Waals surface area contributed by atoms with Crippen LogP contribution in [0.5, 0.6) is 5.75 Å². The van der Waals surface area contributed by atoms with Crippen molar-refractivity contribution in [3.05, 3.63) is 60.2 Å². The van der Waals surface area contributed by atoms with E-state index in [0.29, 0.717) is 0 Å². The van der Waals surface area contributed by atoms with E-state index in [1.165, 1.54) is 37.1 Å². The normalized spacial score (nSPS) is 17.6. The van der Waals surface area contributed by atoms with Gasteiger partial charge in [0, 0.05) is 56.7 Å². The van der Waals surface area contributed by atoms with Gasteiger partial charge in [-0.3, -0.25) is 4.79 Å². The van der Waals surface area contributed by atoms with E-state index < -0.39 is 0 Å². The second-order valence-electron chi connectivity index (χ2n) is 8.34. The highest BCUT2D eigenvalue weighted by Gasteiger charge is 2.19. The molecule has 5 heteroatoms. The van der Waals surface area contributed by atoms with Crippen molar-refractivity contribution in [1.29, 1.82) is 0 Å². The van der Waals surface area contributed by atoms with Gasteiger partial charge in [0.1, 0.15) is 5.75 Å². The van der Waals surface area contributed by atoms with Crippen LogP contribution >= 0.6 is 0 Å². The summed E-state index contributed by atoms with van der Waals surface area (Å²) in [5.41, 5.74) is 3.54. The zero-order valence-electron chi connectivity index (χ0n) is 18.5. The maximum Gasteiger partial charge on any atom is 0.246 e. The van der Waals surface area contributed by atoms with Gasteiger partial charge in [-0.15, -0.1) is 0 Å². The van der Waals surface area contributed by atoms with Crippen LogP contribution < -0.4 is 14.5 Å². The number of methoxy groups -OCH3 is 1. The van der Waals surface area contributed by atoms with Crippen LogP contribution in [0.25, 0.3) is 6.08 Å². The number of anilines is 2. The summed E-state index contributed by atoms with van der Waals surface area (Å²) in [6.07, 6.45) is 8.89. The molecule has 0 atom stereocenters. The van der Waals surface area contributed by atoms with Gasteiger partial charge in [0.25, 0.3) is 0 Å². The number of carbonyl (C=O) groups is 1. The molecule has 5 nitrogen and oxygen atoms in total. The third-order valence-electron chi connectivity index (χ3n) is 6.31. The number of benzene rings is 2. The standard InChI is InChI=1S/C26H33N3O2/c1-31-25-13-11-24(12-14-25)28-18-20-29(21-19-28)26(30)15-8-22-6-9-23(10-7-22)27-16-4-2-3-5-17-27/h6-15H,2-5,16-21H2,1H3/b15-8+. The number of rotatable bonds is 5. The van der Waals surface area contributed by atoms with Crippen LogP contribution in [0.15, 0.2) is 54.6 Å². The van der Waals surface area contributed by atoms with Crippen molar-refractivity contribution >= 4 is 23.4 Å². The first-order valence-electron chi connectivity index (χ1n) is 11.4. The van der Waals surface area contributed by atoms with Crippen molar-refractivity contribution in [3.63, 3.8) is 0 Å². The van der Waals surface area contributed by atoms with Gasteiger partial charge in [0.2, 0.25) is 5.91 Å². The predicted molar refractivity (Wildman–Crippen MR) is 128 cm³/mol. The van der Waals surface area contributed by atoms with E-state index in [4.69, 9.17) is 4.74 Å². The van der Waals surface area contributed by atoms with Gasteiger partial charge in [-0.05, 0) is 60.9 Å². The number of ether oxygens (including phenoxy) is 1. The molecule has 2 aromatic carbocycles. The molecule has 2 heterocycles. The Morgan fingerprint density at radius 1 is 0.742 bits per heavy atom. The van der Waals surface area contributed by atoms with Crippen molar-refractivity contribution in [2.75, 3.05) is 56.2 Å². The fraction of sp³-hybridized carbons (Fsp3) is 0.423. The number of piperazine rings is 1. The van der Waals surface area contributed by atoms with Crippen molar-refractivity contribution in [3.8, 4) is 5.75 Å². The largest absolute Gasteiger partial charge is 0.497 e. The first kappa shape index (κ1) is 21.3. The summed E-state index contributed by atoms with van der Waals surface area (Å²) in [6.45, 7) is 5.46. The summed E-state index contributed by atoms with van der Waals surface area (Å²) in [5, 5.41) is 0. The van der Waals surface area contributed by atoms with Crippen LogP contribution in [0.3, 0.4) is 0 Å². The molecule has 2 fully saturated rings. The lowest BCUT2D eigenvalue weighted by atomic mass is 10.1. The van der Waals surface area contributed by atoms with E-state index in [9.17, 15) is 4.79 Å². The lowest BCUT2D eigenvalue weighted by Crippen LogP contribution is -2.48. The second kappa shape index (κ2) is 10.4. The van der Waals surface area contributed by atoms with Crippen LogP contribution in [-0.4, -0.2) is 57.2 Å². The molecule has 164 valence electrons. The number of hydrogen-bond acceptors (Lipinski definition) is 4. The molecule has 0 unspecified atom stereocenters. The van der Waals surface area contributed by atoms with Crippen LogP contribution in [0.2, 0.25) is 0 Å². The summed E-state index contributed by atoms with van der Waals surface area (Å²) in [7, 11) is 1.68. The molecular weight excluding hydrogens is 386 g/mol. The zero-order valence-corrected chi connectivity index (χ0v) is 18.5. The van der Waals surface area contributed by atoms with Gasteiger partial charge in [0.05, 0.1) is 7.11 Å². The number of carbonyl (C=O) groups excluding carboxylic acids is 1. The van der Waals surface area contributed by atoms with E-state index in [1.54, 1.807) is 13.2 Å². The van der Waals surface area contributed by atoms with Gasteiger partial charge in [-0.2, -0.15) is 0 Å². The average molecular weight is 420 g/mol. The Hall–Kier alpha value is -2.95. The molecule has 2 aliphatic rings. The molecule has 0 spiro atoms. The Balaban J connectivity index is 1.28. The van der Waals surface area contributed by atoms with Crippen molar-refractivity contribution in [2.24, 2.45) is 0 Å². The van der Waals surface area contributed by atoms with Crippen LogP contribution in [0, 0.1) is 0 Å². The molecule has 31 heavy (non-hydrogen) atoms. The summed E-state index contributed by atoms with van der Waals surface area (Å²) in [4.78, 5) is 19.4. The maximum atomic E-state index is 12.6. The summed E-state index contributed by atoms with van der Waals surface area (Å²) < 4.78 is 5.23. The Morgan fingerprint density at radius 2 is 1.29 bits per heavy atom. The van der Waals surface area contributed by atoms with E-state index in [0.717, 1.165) is 50.6 Å². The molecular formula is C26H33N3O2. The number of hydrogen-bond donors (Lipinski definition) is 0. The Labute approximate surface area is 185 Å². The fourth-order valence-electron chi connectivity index (χ4n) is 4.38. The fourth-order valence-corrected chi connectivity index (χ4v) is 4.38. The monoisotopic (exact) mass is 419 g/mol. The zero-order chi connectivity index (χ0) is 21.5.